The Hall–Kier alpha value is -0.610. The molecule has 76 valence electrons. The summed E-state index contributed by atoms with van der Waals surface area (Å²) in [5.74, 6) is -0.145. The molecule has 2 unspecified atom stereocenters. The number of hydrogen-bond acceptors (Lipinski definition) is 3. The number of hydrogen-bond donors (Lipinski definition) is 2. The minimum Gasteiger partial charge on any atom is -0.391 e. The summed E-state index contributed by atoms with van der Waals surface area (Å²) in [5.41, 5.74) is 0. The van der Waals surface area contributed by atoms with Gasteiger partial charge in [-0.25, -0.2) is 0 Å². The molecule has 4 heteroatoms. The first-order chi connectivity index (χ1) is 6.24. The molecule has 0 aromatic rings. The number of aliphatic hydroxyl groups is 1. The number of nitrogens with one attached hydrogen (secondary N) is 1. The van der Waals surface area contributed by atoms with Gasteiger partial charge in [-0.05, 0) is 12.8 Å². The molecule has 2 N–H and O–H groups in total. The number of aliphatic hydroxyl groups excluding tert-OH is 1. The SMILES string of the molecule is COCC(=O)NC1CCCCC1O. The van der Waals surface area contributed by atoms with Crippen LogP contribution in [0.2, 0.25) is 0 Å². The minimum absolute atomic E-state index is 0.0726. The molecular weight excluding hydrogens is 170 g/mol. The lowest BCUT2D eigenvalue weighted by atomic mass is 9.92. The Labute approximate surface area is 78.3 Å². The molecule has 1 saturated carbocycles. The molecule has 4 nitrogen and oxygen atoms in total. The lowest BCUT2D eigenvalue weighted by Gasteiger charge is -2.28. The third-order valence-corrected chi connectivity index (χ3v) is 2.35. The molecule has 1 rings (SSSR count). The monoisotopic (exact) mass is 187 g/mol. The van der Waals surface area contributed by atoms with Crippen LogP contribution in [0, 0.1) is 0 Å². The summed E-state index contributed by atoms with van der Waals surface area (Å²) >= 11 is 0. The van der Waals surface area contributed by atoms with Crippen LogP contribution < -0.4 is 5.32 Å². The van der Waals surface area contributed by atoms with Crippen molar-refractivity contribution in [3.63, 3.8) is 0 Å². The summed E-state index contributed by atoms with van der Waals surface area (Å²) in [4.78, 5) is 11.1. The first-order valence-corrected chi connectivity index (χ1v) is 4.70. The van der Waals surface area contributed by atoms with Crippen LogP contribution in [-0.4, -0.2) is 36.9 Å². The second kappa shape index (κ2) is 5.19. The van der Waals surface area contributed by atoms with E-state index in [1.807, 2.05) is 0 Å². The fraction of sp³-hybridized carbons (Fsp3) is 0.889. The van der Waals surface area contributed by atoms with Crippen LogP contribution in [-0.2, 0) is 9.53 Å². The zero-order chi connectivity index (χ0) is 9.68. The molecule has 0 aliphatic heterocycles. The quantitative estimate of drug-likeness (QED) is 0.656. The van der Waals surface area contributed by atoms with Crippen molar-refractivity contribution in [2.75, 3.05) is 13.7 Å². The number of carbonyl (C=O) groups is 1. The Balaban J connectivity index is 2.29. The molecule has 1 aliphatic rings. The van der Waals surface area contributed by atoms with Crippen LogP contribution in [0.4, 0.5) is 0 Å². The van der Waals surface area contributed by atoms with Gasteiger partial charge >= 0.3 is 0 Å². The smallest absolute Gasteiger partial charge is 0.246 e. The molecule has 0 aromatic carbocycles. The Bertz CT molecular complexity index is 172. The van der Waals surface area contributed by atoms with Crippen molar-refractivity contribution in [1.82, 2.24) is 5.32 Å². The zero-order valence-electron chi connectivity index (χ0n) is 7.95. The maximum atomic E-state index is 11.1. The summed E-state index contributed by atoms with van der Waals surface area (Å²) in [6.07, 6.45) is 3.41. The van der Waals surface area contributed by atoms with Gasteiger partial charge in [-0.1, -0.05) is 12.8 Å². The topological polar surface area (TPSA) is 58.6 Å². The second-order valence-electron chi connectivity index (χ2n) is 3.46. The average Bonchev–Trinajstić information content (AvgIpc) is 2.09. The Morgan fingerprint density at radius 1 is 1.54 bits per heavy atom. The Morgan fingerprint density at radius 3 is 2.85 bits per heavy atom. The highest BCUT2D eigenvalue weighted by molar-refractivity contribution is 5.77. The highest BCUT2D eigenvalue weighted by Gasteiger charge is 2.23. The molecule has 1 fully saturated rings. The normalized spacial score (nSPS) is 28.5. The van der Waals surface area contributed by atoms with Gasteiger partial charge in [-0.3, -0.25) is 4.79 Å². The third-order valence-electron chi connectivity index (χ3n) is 2.35. The average molecular weight is 187 g/mol. The third kappa shape index (κ3) is 3.32. The van der Waals surface area contributed by atoms with Crippen LogP contribution >= 0.6 is 0 Å². The van der Waals surface area contributed by atoms with Crippen LogP contribution in [0.3, 0.4) is 0 Å². The fourth-order valence-electron chi connectivity index (χ4n) is 1.66. The summed E-state index contributed by atoms with van der Waals surface area (Å²) in [7, 11) is 1.48. The van der Waals surface area contributed by atoms with E-state index in [0.29, 0.717) is 0 Å². The van der Waals surface area contributed by atoms with E-state index in [2.05, 4.69) is 10.1 Å². The van der Waals surface area contributed by atoms with Crippen LogP contribution in [0.5, 0.6) is 0 Å². The van der Waals surface area contributed by atoms with E-state index in [1.165, 1.54) is 7.11 Å². The van der Waals surface area contributed by atoms with Gasteiger partial charge in [0.2, 0.25) is 5.91 Å². The van der Waals surface area contributed by atoms with E-state index in [-0.39, 0.29) is 24.7 Å². The molecule has 2 atom stereocenters. The predicted molar refractivity (Wildman–Crippen MR) is 48.3 cm³/mol. The molecule has 0 aromatic heterocycles. The molecule has 1 amide bonds. The van der Waals surface area contributed by atoms with Crippen LogP contribution in [0.1, 0.15) is 25.7 Å². The molecule has 0 radical (unpaired) electrons. The second-order valence-corrected chi connectivity index (χ2v) is 3.46. The number of carbonyl (C=O) groups excluding carboxylic acids is 1. The lowest BCUT2D eigenvalue weighted by molar-refractivity contribution is -0.126. The molecule has 13 heavy (non-hydrogen) atoms. The molecule has 1 aliphatic carbocycles. The van der Waals surface area contributed by atoms with Crippen molar-refractivity contribution < 1.29 is 14.6 Å². The van der Waals surface area contributed by atoms with Crippen molar-refractivity contribution >= 4 is 5.91 Å². The van der Waals surface area contributed by atoms with Crippen molar-refractivity contribution in [3.05, 3.63) is 0 Å². The van der Waals surface area contributed by atoms with Crippen LogP contribution in [0.15, 0.2) is 0 Å². The van der Waals surface area contributed by atoms with E-state index < -0.39 is 0 Å². The van der Waals surface area contributed by atoms with Gasteiger partial charge in [-0.15, -0.1) is 0 Å². The van der Waals surface area contributed by atoms with Gasteiger partial charge in [0, 0.05) is 7.11 Å². The van der Waals surface area contributed by atoms with E-state index in [9.17, 15) is 9.90 Å². The molecular formula is C9H17NO3. The highest BCUT2D eigenvalue weighted by Crippen LogP contribution is 2.17. The predicted octanol–water partition coefficient (Wildman–Crippen LogP) is 0.0525. The number of methoxy groups -OCH3 is 1. The number of rotatable bonds is 3. The largest absolute Gasteiger partial charge is 0.391 e. The summed E-state index contributed by atoms with van der Waals surface area (Å²) < 4.78 is 4.69. The molecule has 0 saturated heterocycles. The van der Waals surface area contributed by atoms with Gasteiger partial charge < -0.3 is 15.2 Å². The van der Waals surface area contributed by atoms with Crippen molar-refractivity contribution in [2.45, 2.75) is 37.8 Å². The van der Waals surface area contributed by atoms with Crippen molar-refractivity contribution in [1.29, 1.82) is 0 Å². The first kappa shape index (κ1) is 10.5. The number of amides is 1. The van der Waals surface area contributed by atoms with Gasteiger partial charge in [0.05, 0.1) is 12.1 Å². The standard InChI is InChI=1S/C9H17NO3/c1-13-6-9(12)10-7-4-2-3-5-8(7)11/h7-8,11H,2-6H2,1H3,(H,10,12). The Morgan fingerprint density at radius 2 is 2.23 bits per heavy atom. The zero-order valence-corrected chi connectivity index (χ0v) is 7.95. The Kier molecular flexibility index (Phi) is 4.18. The summed E-state index contributed by atoms with van der Waals surface area (Å²) in [6.45, 7) is 0.0726. The molecule has 0 spiro atoms. The maximum Gasteiger partial charge on any atom is 0.246 e. The number of ether oxygens (including phenoxy) is 1. The van der Waals surface area contributed by atoms with Gasteiger partial charge in [0.25, 0.3) is 0 Å². The van der Waals surface area contributed by atoms with Gasteiger partial charge in [0.15, 0.2) is 0 Å². The van der Waals surface area contributed by atoms with E-state index in [1.54, 1.807) is 0 Å². The van der Waals surface area contributed by atoms with E-state index in [4.69, 9.17) is 0 Å². The van der Waals surface area contributed by atoms with E-state index >= 15 is 0 Å². The molecule has 0 heterocycles. The summed E-state index contributed by atoms with van der Waals surface area (Å²) in [5, 5.41) is 12.3. The van der Waals surface area contributed by atoms with Crippen molar-refractivity contribution in [3.8, 4) is 0 Å². The molecule has 0 bridgehead atoms. The highest BCUT2D eigenvalue weighted by atomic mass is 16.5. The fourth-order valence-corrected chi connectivity index (χ4v) is 1.66. The minimum atomic E-state index is -0.380. The maximum absolute atomic E-state index is 11.1. The first-order valence-electron chi connectivity index (χ1n) is 4.70. The van der Waals surface area contributed by atoms with Crippen LogP contribution in [0.25, 0.3) is 0 Å². The van der Waals surface area contributed by atoms with E-state index in [0.717, 1.165) is 25.7 Å². The van der Waals surface area contributed by atoms with Gasteiger partial charge in [0.1, 0.15) is 6.61 Å². The summed E-state index contributed by atoms with van der Waals surface area (Å²) in [6, 6.07) is -0.0728. The lowest BCUT2D eigenvalue weighted by Crippen LogP contribution is -2.46. The van der Waals surface area contributed by atoms with Gasteiger partial charge in [-0.2, -0.15) is 0 Å². The van der Waals surface area contributed by atoms with Crippen molar-refractivity contribution in [2.24, 2.45) is 0 Å².